The minimum absolute atomic E-state index is 0.795. The zero-order valence-electron chi connectivity index (χ0n) is 7.23. The van der Waals surface area contributed by atoms with Gasteiger partial charge in [-0.1, -0.05) is 0 Å². The van der Waals surface area contributed by atoms with Crippen LogP contribution in [0.2, 0.25) is 0 Å². The van der Waals surface area contributed by atoms with E-state index in [1.165, 1.54) is 5.56 Å². The molecule has 0 fully saturated rings. The standard InChI is InChI=1S/C10H9NOS/c1-12-10-4-9(5-11-6-10)8-2-3-13-7-8/h2-7H,1H3. The van der Waals surface area contributed by atoms with E-state index in [0.29, 0.717) is 0 Å². The second-order valence-electron chi connectivity index (χ2n) is 2.63. The molecule has 0 spiro atoms. The summed E-state index contributed by atoms with van der Waals surface area (Å²) in [5, 5.41) is 4.14. The van der Waals surface area contributed by atoms with Crippen molar-refractivity contribution in [2.75, 3.05) is 7.11 Å². The molecule has 0 amide bonds. The summed E-state index contributed by atoms with van der Waals surface area (Å²) in [6.45, 7) is 0. The van der Waals surface area contributed by atoms with E-state index in [1.807, 2.05) is 12.3 Å². The largest absolute Gasteiger partial charge is 0.495 e. The monoisotopic (exact) mass is 191 g/mol. The molecule has 0 saturated heterocycles. The van der Waals surface area contributed by atoms with Gasteiger partial charge in [0.2, 0.25) is 0 Å². The number of ether oxygens (including phenoxy) is 1. The van der Waals surface area contributed by atoms with Crippen LogP contribution in [0.25, 0.3) is 11.1 Å². The fraction of sp³-hybridized carbons (Fsp3) is 0.100. The van der Waals surface area contributed by atoms with Crippen LogP contribution in [-0.2, 0) is 0 Å². The summed E-state index contributed by atoms with van der Waals surface area (Å²) in [4.78, 5) is 4.09. The smallest absolute Gasteiger partial charge is 0.137 e. The van der Waals surface area contributed by atoms with Gasteiger partial charge in [0.15, 0.2) is 0 Å². The van der Waals surface area contributed by atoms with Gasteiger partial charge in [-0.2, -0.15) is 11.3 Å². The van der Waals surface area contributed by atoms with Crippen molar-refractivity contribution in [3.05, 3.63) is 35.3 Å². The summed E-state index contributed by atoms with van der Waals surface area (Å²) in [6, 6.07) is 4.05. The van der Waals surface area contributed by atoms with Crippen LogP contribution in [0.4, 0.5) is 0 Å². The molecule has 2 heterocycles. The maximum absolute atomic E-state index is 5.09. The van der Waals surface area contributed by atoms with E-state index in [-0.39, 0.29) is 0 Å². The predicted octanol–water partition coefficient (Wildman–Crippen LogP) is 2.82. The number of hydrogen-bond acceptors (Lipinski definition) is 3. The van der Waals surface area contributed by atoms with Gasteiger partial charge >= 0.3 is 0 Å². The van der Waals surface area contributed by atoms with Gasteiger partial charge < -0.3 is 4.74 Å². The predicted molar refractivity (Wildman–Crippen MR) is 54.1 cm³/mol. The van der Waals surface area contributed by atoms with Crippen molar-refractivity contribution in [2.24, 2.45) is 0 Å². The average Bonchev–Trinajstić information content (AvgIpc) is 2.71. The van der Waals surface area contributed by atoms with E-state index >= 15 is 0 Å². The number of thiophene rings is 1. The molecule has 2 aromatic heterocycles. The van der Waals surface area contributed by atoms with Gasteiger partial charge in [-0.05, 0) is 28.5 Å². The van der Waals surface area contributed by atoms with E-state index < -0.39 is 0 Å². The minimum Gasteiger partial charge on any atom is -0.495 e. The molecule has 66 valence electrons. The lowest BCUT2D eigenvalue weighted by molar-refractivity contribution is 0.413. The lowest BCUT2D eigenvalue weighted by atomic mass is 10.1. The Bertz CT molecular complexity index is 384. The Hall–Kier alpha value is -1.35. The summed E-state index contributed by atoms with van der Waals surface area (Å²) in [5.41, 5.74) is 2.29. The van der Waals surface area contributed by atoms with Crippen LogP contribution in [0.5, 0.6) is 5.75 Å². The SMILES string of the molecule is COc1cncc(-c2ccsc2)c1. The van der Waals surface area contributed by atoms with Gasteiger partial charge in [0, 0.05) is 11.8 Å². The van der Waals surface area contributed by atoms with Gasteiger partial charge in [-0.15, -0.1) is 0 Å². The lowest BCUT2D eigenvalue weighted by Crippen LogP contribution is -1.84. The van der Waals surface area contributed by atoms with Crippen LogP contribution in [0.1, 0.15) is 0 Å². The molecule has 0 atom stereocenters. The third-order valence-electron chi connectivity index (χ3n) is 1.80. The first kappa shape index (κ1) is 8.26. The summed E-state index contributed by atoms with van der Waals surface area (Å²) < 4.78 is 5.09. The zero-order chi connectivity index (χ0) is 9.10. The first-order valence-electron chi connectivity index (χ1n) is 3.92. The van der Waals surface area contributed by atoms with Gasteiger partial charge in [0.25, 0.3) is 0 Å². The summed E-state index contributed by atoms with van der Waals surface area (Å²) >= 11 is 1.68. The van der Waals surface area contributed by atoms with Crippen molar-refractivity contribution in [3.8, 4) is 16.9 Å². The van der Waals surface area contributed by atoms with E-state index in [0.717, 1.165) is 11.3 Å². The summed E-state index contributed by atoms with van der Waals surface area (Å²) in [6.07, 6.45) is 3.54. The molecule has 3 heteroatoms. The van der Waals surface area contributed by atoms with Crippen LogP contribution in [0.15, 0.2) is 35.3 Å². The van der Waals surface area contributed by atoms with Gasteiger partial charge in [0.05, 0.1) is 13.3 Å². The van der Waals surface area contributed by atoms with Crippen molar-refractivity contribution in [3.63, 3.8) is 0 Å². The van der Waals surface area contributed by atoms with Crippen molar-refractivity contribution in [1.82, 2.24) is 4.98 Å². The van der Waals surface area contributed by atoms with Gasteiger partial charge in [-0.25, -0.2) is 0 Å². The molecule has 0 saturated carbocycles. The molecule has 0 radical (unpaired) electrons. The molecule has 0 N–H and O–H groups in total. The molecule has 2 aromatic rings. The maximum atomic E-state index is 5.09. The molecule has 2 nitrogen and oxygen atoms in total. The fourth-order valence-corrected chi connectivity index (χ4v) is 1.78. The van der Waals surface area contributed by atoms with Crippen molar-refractivity contribution < 1.29 is 4.74 Å². The number of nitrogens with zero attached hydrogens (tertiary/aromatic N) is 1. The molecular weight excluding hydrogens is 182 g/mol. The molecule has 2 rings (SSSR count). The molecule has 0 unspecified atom stereocenters. The Morgan fingerprint density at radius 2 is 2.23 bits per heavy atom. The van der Waals surface area contributed by atoms with E-state index in [4.69, 9.17) is 4.74 Å². The number of hydrogen-bond donors (Lipinski definition) is 0. The molecule has 13 heavy (non-hydrogen) atoms. The van der Waals surface area contributed by atoms with Gasteiger partial charge in [0.1, 0.15) is 5.75 Å². The number of methoxy groups -OCH3 is 1. The molecule has 0 aliphatic rings. The highest BCUT2D eigenvalue weighted by atomic mass is 32.1. The Morgan fingerprint density at radius 3 is 2.92 bits per heavy atom. The zero-order valence-corrected chi connectivity index (χ0v) is 8.04. The molecule has 0 bridgehead atoms. The number of pyridine rings is 1. The fourth-order valence-electron chi connectivity index (χ4n) is 1.12. The lowest BCUT2D eigenvalue weighted by Gasteiger charge is -2.00. The average molecular weight is 191 g/mol. The Labute approximate surface area is 80.8 Å². The van der Waals surface area contributed by atoms with Crippen LogP contribution in [-0.4, -0.2) is 12.1 Å². The number of aromatic nitrogens is 1. The van der Waals surface area contributed by atoms with E-state index in [1.54, 1.807) is 24.6 Å². The van der Waals surface area contributed by atoms with E-state index in [2.05, 4.69) is 21.8 Å². The third-order valence-corrected chi connectivity index (χ3v) is 2.49. The van der Waals surface area contributed by atoms with Crippen molar-refractivity contribution >= 4 is 11.3 Å². The summed E-state index contributed by atoms with van der Waals surface area (Å²) in [7, 11) is 1.65. The normalized spacial score (nSPS) is 9.92. The first-order chi connectivity index (χ1) is 6.40. The highest BCUT2D eigenvalue weighted by Gasteiger charge is 1.99. The van der Waals surface area contributed by atoms with Crippen molar-refractivity contribution in [1.29, 1.82) is 0 Å². The second kappa shape index (κ2) is 3.58. The molecule has 0 aliphatic carbocycles. The van der Waals surface area contributed by atoms with Crippen LogP contribution in [0, 0.1) is 0 Å². The van der Waals surface area contributed by atoms with Crippen molar-refractivity contribution in [2.45, 2.75) is 0 Å². The van der Waals surface area contributed by atoms with Gasteiger partial charge in [-0.3, -0.25) is 4.98 Å². The highest BCUT2D eigenvalue weighted by Crippen LogP contribution is 2.24. The Balaban J connectivity index is 2.41. The highest BCUT2D eigenvalue weighted by molar-refractivity contribution is 7.08. The minimum atomic E-state index is 0.795. The number of rotatable bonds is 2. The molecule has 0 aliphatic heterocycles. The first-order valence-corrected chi connectivity index (χ1v) is 4.86. The quantitative estimate of drug-likeness (QED) is 0.728. The van der Waals surface area contributed by atoms with Crippen LogP contribution >= 0.6 is 11.3 Å². The molecule has 0 aromatic carbocycles. The topological polar surface area (TPSA) is 22.1 Å². The summed E-state index contributed by atoms with van der Waals surface area (Å²) in [5.74, 6) is 0.795. The van der Waals surface area contributed by atoms with Crippen LogP contribution < -0.4 is 4.74 Å². The Morgan fingerprint density at radius 1 is 1.31 bits per heavy atom. The Kier molecular flexibility index (Phi) is 2.27. The maximum Gasteiger partial charge on any atom is 0.137 e. The van der Waals surface area contributed by atoms with E-state index in [9.17, 15) is 0 Å². The third kappa shape index (κ3) is 1.70. The van der Waals surface area contributed by atoms with Crippen LogP contribution in [0.3, 0.4) is 0 Å². The molecular formula is C10H9NOS. The second-order valence-corrected chi connectivity index (χ2v) is 3.41.